The molecule has 0 unspecified atom stereocenters. The Balaban J connectivity index is 1.68. The highest BCUT2D eigenvalue weighted by atomic mass is 35.5. The highest BCUT2D eigenvalue weighted by Crippen LogP contribution is 2.23. The molecule has 0 atom stereocenters. The molecule has 2 heterocycles. The minimum absolute atomic E-state index is 0.317. The van der Waals surface area contributed by atoms with Crippen molar-refractivity contribution in [2.75, 3.05) is 0 Å². The molecule has 4 rings (SSSR count). The van der Waals surface area contributed by atoms with Crippen LogP contribution < -0.4 is 0 Å². The fraction of sp³-hybridized carbons (Fsp3) is 0. The third-order valence-corrected chi connectivity index (χ3v) is 4.49. The molecule has 0 fully saturated rings. The SMILES string of the molecule is Fc1cccc(-c2nnc3sc(/C=C\c4ccc(Cl)cc4)nn23)c1. The maximum absolute atomic E-state index is 13.4. The Morgan fingerprint density at radius 2 is 1.88 bits per heavy atom. The Hall–Kier alpha value is -2.57. The monoisotopic (exact) mass is 356 g/mol. The van der Waals surface area contributed by atoms with Gasteiger partial charge in [-0.15, -0.1) is 10.2 Å². The first-order chi connectivity index (χ1) is 11.7. The van der Waals surface area contributed by atoms with Gasteiger partial charge in [-0.3, -0.25) is 0 Å². The van der Waals surface area contributed by atoms with E-state index < -0.39 is 0 Å². The van der Waals surface area contributed by atoms with E-state index in [1.54, 1.807) is 16.6 Å². The lowest BCUT2D eigenvalue weighted by molar-refractivity contribution is 0.628. The maximum Gasteiger partial charge on any atom is 0.235 e. The fourth-order valence-corrected chi connectivity index (χ4v) is 3.12. The van der Waals surface area contributed by atoms with Crippen LogP contribution in [0.3, 0.4) is 0 Å². The number of hydrogen-bond donors (Lipinski definition) is 0. The first-order valence-electron chi connectivity index (χ1n) is 7.11. The van der Waals surface area contributed by atoms with Crippen molar-refractivity contribution >= 4 is 40.1 Å². The van der Waals surface area contributed by atoms with E-state index in [9.17, 15) is 4.39 Å². The predicted molar refractivity (Wildman–Crippen MR) is 94.4 cm³/mol. The summed E-state index contributed by atoms with van der Waals surface area (Å²) in [6.07, 6.45) is 3.85. The first-order valence-corrected chi connectivity index (χ1v) is 8.30. The second kappa shape index (κ2) is 6.14. The van der Waals surface area contributed by atoms with Crippen molar-refractivity contribution in [3.8, 4) is 11.4 Å². The van der Waals surface area contributed by atoms with E-state index in [2.05, 4.69) is 15.3 Å². The zero-order chi connectivity index (χ0) is 16.5. The predicted octanol–water partition coefficient (Wildman–Crippen LogP) is 4.82. The first kappa shape index (κ1) is 15.0. The maximum atomic E-state index is 13.4. The molecule has 4 aromatic rings. The van der Waals surface area contributed by atoms with E-state index in [0.717, 1.165) is 10.6 Å². The average molecular weight is 357 g/mol. The van der Waals surface area contributed by atoms with Gasteiger partial charge in [-0.2, -0.15) is 9.61 Å². The van der Waals surface area contributed by atoms with Gasteiger partial charge >= 0.3 is 0 Å². The average Bonchev–Trinajstić information content (AvgIpc) is 3.14. The Kier molecular flexibility index (Phi) is 3.84. The van der Waals surface area contributed by atoms with Crippen LogP contribution in [0.25, 0.3) is 28.5 Å². The molecule has 0 spiro atoms. The van der Waals surface area contributed by atoms with Crippen LogP contribution in [-0.4, -0.2) is 19.8 Å². The quantitative estimate of drug-likeness (QED) is 0.528. The van der Waals surface area contributed by atoms with Gasteiger partial charge in [0.05, 0.1) is 0 Å². The summed E-state index contributed by atoms with van der Waals surface area (Å²) in [7, 11) is 0. The molecule has 0 saturated heterocycles. The smallest absolute Gasteiger partial charge is 0.207 e. The van der Waals surface area contributed by atoms with Gasteiger partial charge in [0.25, 0.3) is 0 Å². The van der Waals surface area contributed by atoms with Gasteiger partial charge in [0.1, 0.15) is 10.8 Å². The lowest BCUT2D eigenvalue weighted by atomic mass is 10.2. The molecule has 0 bridgehead atoms. The second-order valence-electron chi connectivity index (χ2n) is 5.05. The number of aromatic nitrogens is 4. The van der Waals surface area contributed by atoms with Crippen LogP contribution in [0.2, 0.25) is 5.02 Å². The van der Waals surface area contributed by atoms with Crippen molar-refractivity contribution in [2.24, 2.45) is 0 Å². The molecule has 0 aliphatic carbocycles. The summed E-state index contributed by atoms with van der Waals surface area (Å²) in [6.45, 7) is 0. The number of halogens is 2. The molecule has 0 aliphatic rings. The molecule has 7 heteroatoms. The van der Waals surface area contributed by atoms with E-state index in [1.807, 2.05) is 36.4 Å². The molecule has 118 valence electrons. The topological polar surface area (TPSA) is 43.1 Å². The van der Waals surface area contributed by atoms with Crippen LogP contribution >= 0.6 is 22.9 Å². The third-order valence-electron chi connectivity index (χ3n) is 3.38. The summed E-state index contributed by atoms with van der Waals surface area (Å²) in [5, 5.41) is 14.2. The molecule has 0 aliphatic heterocycles. The molecule has 4 nitrogen and oxygen atoms in total. The Morgan fingerprint density at radius 1 is 1.04 bits per heavy atom. The van der Waals surface area contributed by atoms with Crippen molar-refractivity contribution in [3.63, 3.8) is 0 Å². The number of rotatable bonds is 3. The normalized spacial score (nSPS) is 11.6. The van der Waals surface area contributed by atoms with Gasteiger partial charge < -0.3 is 0 Å². The summed E-state index contributed by atoms with van der Waals surface area (Å²) in [5.41, 5.74) is 1.66. The van der Waals surface area contributed by atoms with Gasteiger partial charge in [-0.05, 0) is 35.9 Å². The van der Waals surface area contributed by atoms with Crippen molar-refractivity contribution in [1.29, 1.82) is 0 Å². The summed E-state index contributed by atoms with van der Waals surface area (Å²) in [4.78, 5) is 0.657. The van der Waals surface area contributed by atoms with E-state index in [4.69, 9.17) is 11.6 Å². The molecule has 0 amide bonds. The lowest BCUT2D eigenvalue weighted by Crippen LogP contribution is -1.91. The third kappa shape index (κ3) is 2.93. The fourth-order valence-electron chi connectivity index (χ4n) is 2.25. The van der Waals surface area contributed by atoms with Crippen LogP contribution in [-0.2, 0) is 0 Å². The van der Waals surface area contributed by atoms with Gasteiger partial charge in [0, 0.05) is 10.6 Å². The van der Waals surface area contributed by atoms with Crippen LogP contribution in [0.1, 0.15) is 10.6 Å². The molecule has 0 saturated carbocycles. The summed E-state index contributed by atoms with van der Waals surface area (Å²) >= 11 is 7.29. The Morgan fingerprint density at radius 3 is 2.67 bits per heavy atom. The molecule has 24 heavy (non-hydrogen) atoms. The van der Waals surface area contributed by atoms with E-state index in [-0.39, 0.29) is 5.82 Å². The second-order valence-corrected chi connectivity index (χ2v) is 6.48. The number of hydrogen-bond acceptors (Lipinski definition) is 4. The van der Waals surface area contributed by atoms with E-state index in [0.29, 0.717) is 21.4 Å². The summed E-state index contributed by atoms with van der Waals surface area (Å²) in [5.74, 6) is 0.203. The van der Waals surface area contributed by atoms with Crippen LogP contribution in [0.5, 0.6) is 0 Å². The highest BCUT2D eigenvalue weighted by Gasteiger charge is 2.12. The lowest BCUT2D eigenvalue weighted by Gasteiger charge is -1.96. The zero-order valence-corrected chi connectivity index (χ0v) is 13.8. The van der Waals surface area contributed by atoms with Crippen LogP contribution in [0.15, 0.2) is 48.5 Å². The zero-order valence-electron chi connectivity index (χ0n) is 12.2. The Bertz CT molecular complexity index is 1040. The van der Waals surface area contributed by atoms with E-state index >= 15 is 0 Å². The van der Waals surface area contributed by atoms with Gasteiger partial charge in [0.2, 0.25) is 4.96 Å². The largest absolute Gasteiger partial charge is 0.235 e. The van der Waals surface area contributed by atoms with Crippen LogP contribution in [0.4, 0.5) is 4.39 Å². The van der Waals surface area contributed by atoms with Crippen LogP contribution in [0, 0.1) is 5.82 Å². The van der Waals surface area contributed by atoms with Crippen molar-refractivity contribution in [1.82, 2.24) is 19.8 Å². The number of nitrogens with zero attached hydrogens (tertiary/aromatic N) is 4. The standard InChI is InChI=1S/C17H10ClFN4S/c18-13-7-4-11(5-8-13)6-9-15-22-23-16(20-21-17(23)24-15)12-2-1-3-14(19)10-12/h1-10H/b9-6-. The Labute approximate surface area is 145 Å². The minimum Gasteiger partial charge on any atom is -0.207 e. The molecule has 0 radical (unpaired) electrons. The number of benzene rings is 2. The number of fused-ring (bicyclic) bond motifs is 1. The minimum atomic E-state index is -0.317. The molecule has 2 aromatic heterocycles. The van der Waals surface area contributed by atoms with Crippen molar-refractivity contribution in [2.45, 2.75) is 0 Å². The van der Waals surface area contributed by atoms with Crippen molar-refractivity contribution < 1.29 is 4.39 Å². The molecule has 2 aromatic carbocycles. The summed E-state index contributed by atoms with van der Waals surface area (Å²) in [6, 6.07) is 13.8. The molecular weight excluding hydrogens is 347 g/mol. The van der Waals surface area contributed by atoms with E-state index in [1.165, 1.54) is 23.5 Å². The molecule has 0 N–H and O–H groups in total. The summed E-state index contributed by atoms with van der Waals surface area (Å²) < 4.78 is 15.0. The van der Waals surface area contributed by atoms with Gasteiger partial charge in [-0.1, -0.05) is 53.3 Å². The van der Waals surface area contributed by atoms with Gasteiger partial charge in [0.15, 0.2) is 5.82 Å². The van der Waals surface area contributed by atoms with Crippen molar-refractivity contribution in [3.05, 3.63) is 69.9 Å². The van der Waals surface area contributed by atoms with Gasteiger partial charge in [-0.25, -0.2) is 4.39 Å². The molecular formula is C17H10ClFN4S. The highest BCUT2D eigenvalue weighted by molar-refractivity contribution is 7.17.